The number of fused-ring (bicyclic) bond motifs is 2. The van der Waals surface area contributed by atoms with Gasteiger partial charge in [-0.05, 0) is 100 Å². The summed E-state index contributed by atoms with van der Waals surface area (Å²) in [5.74, 6) is -1.11. The number of halogens is 3. The minimum absolute atomic E-state index is 0.0176. The molecule has 10 nitrogen and oxygen atoms in total. The molecule has 0 spiro atoms. The largest absolute Gasteiger partial charge is 0.477 e. The second-order valence-corrected chi connectivity index (χ2v) is 17.4. The minimum atomic E-state index is -1.40. The minimum Gasteiger partial charge on any atom is -0.477 e. The molecule has 10 rings (SSSR count). The van der Waals surface area contributed by atoms with Crippen LogP contribution in [0.4, 0.5) is 24.5 Å². The molecule has 4 saturated carbocycles. The SMILES string of the molecule is Cc1c(N2CC[C@@H](C3(N)CC3)C2)c(F)cc2c(=O)c(C(=O)O)cn([C@@H]3C[C@@H]3F)c12.Cc1cn([C@@H]2C[C@@H]2F)c2c(C)c(N3CC[C@@H](C4(N)CC4)C3)ccc2c1=O. The summed E-state index contributed by atoms with van der Waals surface area (Å²) in [5, 5.41) is 10.1. The molecule has 5 N–H and O–H groups in total. The number of aromatic carboxylic acids is 1. The third-order valence-electron chi connectivity index (χ3n) is 13.7. The number of hydrogen-bond acceptors (Lipinski definition) is 7. The Morgan fingerprint density at radius 3 is 1.85 bits per heavy atom. The highest BCUT2D eigenvalue weighted by Crippen LogP contribution is 2.48. The van der Waals surface area contributed by atoms with E-state index in [0.29, 0.717) is 59.1 Å². The number of hydrogen-bond donors (Lipinski definition) is 3. The van der Waals surface area contributed by atoms with Gasteiger partial charge in [0.2, 0.25) is 5.43 Å². The van der Waals surface area contributed by atoms with Crippen molar-refractivity contribution in [3.8, 4) is 0 Å². The molecule has 2 saturated heterocycles. The number of anilines is 2. The first kappa shape index (κ1) is 36.3. The van der Waals surface area contributed by atoms with Crippen molar-refractivity contribution in [3.05, 3.63) is 79.1 Å². The summed E-state index contributed by atoms with van der Waals surface area (Å²) in [7, 11) is 0. The molecule has 0 radical (unpaired) electrons. The van der Waals surface area contributed by atoms with E-state index in [4.69, 9.17) is 11.5 Å². The van der Waals surface area contributed by atoms with Crippen molar-refractivity contribution in [3.63, 3.8) is 0 Å². The number of nitrogens with two attached hydrogens (primary N) is 2. The van der Waals surface area contributed by atoms with Crippen molar-refractivity contribution < 1.29 is 23.1 Å². The smallest absolute Gasteiger partial charge is 0.341 e. The molecule has 2 aromatic heterocycles. The summed E-state index contributed by atoms with van der Waals surface area (Å²) < 4.78 is 46.4. The van der Waals surface area contributed by atoms with Crippen LogP contribution in [-0.2, 0) is 0 Å². The summed E-state index contributed by atoms with van der Waals surface area (Å²) in [5.41, 5.74) is 16.7. The quantitative estimate of drug-likeness (QED) is 0.210. The Morgan fingerprint density at radius 1 is 0.782 bits per heavy atom. The highest BCUT2D eigenvalue weighted by Gasteiger charge is 2.49. The van der Waals surface area contributed by atoms with E-state index in [1.807, 2.05) is 28.7 Å². The van der Waals surface area contributed by atoms with Crippen molar-refractivity contribution in [2.24, 2.45) is 23.3 Å². The van der Waals surface area contributed by atoms with Gasteiger partial charge >= 0.3 is 5.97 Å². The highest BCUT2D eigenvalue weighted by atomic mass is 19.1. The number of aromatic nitrogens is 2. The van der Waals surface area contributed by atoms with Gasteiger partial charge in [0.25, 0.3) is 0 Å². The molecule has 6 atom stereocenters. The fraction of sp³-hybridized carbons (Fsp3) is 0.548. The number of alkyl halides is 2. The van der Waals surface area contributed by atoms with Gasteiger partial charge in [-0.3, -0.25) is 9.59 Å². The third kappa shape index (κ3) is 6.03. The predicted octanol–water partition coefficient (Wildman–Crippen LogP) is 5.97. The van der Waals surface area contributed by atoms with Crippen LogP contribution in [0.25, 0.3) is 21.8 Å². The molecule has 2 aliphatic heterocycles. The fourth-order valence-corrected chi connectivity index (χ4v) is 9.69. The van der Waals surface area contributed by atoms with E-state index in [-0.39, 0.29) is 34.4 Å². The van der Waals surface area contributed by atoms with Gasteiger partial charge < -0.3 is 35.5 Å². The number of pyridine rings is 2. The first-order valence-electron chi connectivity index (χ1n) is 19.7. The molecule has 292 valence electrons. The second kappa shape index (κ2) is 12.6. The first-order valence-corrected chi connectivity index (χ1v) is 19.7. The fourth-order valence-electron chi connectivity index (χ4n) is 9.69. The summed E-state index contributed by atoms with van der Waals surface area (Å²) in [6.45, 7) is 8.90. The highest BCUT2D eigenvalue weighted by molar-refractivity contribution is 5.95. The summed E-state index contributed by atoms with van der Waals surface area (Å²) in [6, 6.07) is 4.46. The monoisotopic (exact) mass is 758 g/mol. The molecule has 6 aliphatic rings. The van der Waals surface area contributed by atoms with Gasteiger partial charge in [-0.25, -0.2) is 18.0 Å². The van der Waals surface area contributed by atoms with Gasteiger partial charge in [0.1, 0.15) is 23.7 Å². The molecule has 0 unspecified atom stereocenters. The molecule has 55 heavy (non-hydrogen) atoms. The topological polar surface area (TPSA) is 140 Å². The summed E-state index contributed by atoms with van der Waals surface area (Å²) in [4.78, 5) is 41.2. The van der Waals surface area contributed by atoms with Crippen LogP contribution in [0, 0.1) is 38.4 Å². The van der Waals surface area contributed by atoms with E-state index in [1.54, 1.807) is 6.92 Å². The molecule has 2 aromatic carbocycles. The van der Waals surface area contributed by atoms with E-state index in [0.717, 1.165) is 74.4 Å². The molecule has 0 amide bonds. The zero-order valence-electron chi connectivity index (χ0n) is 31.6. The van der Waals surface area contributed by atoms with E-state index in [2.05, 4.69) is 17.9 Å². The zero-order chi connectivity index (χ0) is 38.9. The molecule has 0 bridgehead atoms. The van der Waals surface area contributed by atoms with Crippen molar-refractivity contribution in [1.29, 1.82) is 0 Å². The van der Waals surface area contributed by atoms with Gasteiger partial charge in [-0.15, -0.1) is 0 Å². The number of carbonyl (C=O) groups is 1. The molecule has 4 heterocycles. The van der Waals surface area contributed by atoms with Gasteiger partial charge in [-0.1, -0.05) is 0 Å². The Morgan fingerprint density at radius 2 is 1.31 bits per heavy atom. The first-order chi connectivity index (χ1) is 26.1. The molecule has 4 aliphatic carbocycles. The maximum absolute atomic E-state index is 15.2. The van der Waals surface area contributed by atoms with Crippen molar-refractivity contribution >= 4 is 39.1 Å². The Bertz CT molecular complexity index is 2400. The molecule has 4 aromatic rings. The van der Waals surface area contributed by atoms with Crippen LogP contribution in [0.2, 0.25) is 0 Å². The van der Waals surface area contributed by atoms with E-state index in [1.165, 1.54) is 10.8 Å². The van der Waals surface area contributed by atoms with Crippen LogP contribution in [0.3, 0.4) is 0 Å². The maximum atomic E-state index is 15.2. The van der Waals surface area contributed by atoms with Gasteiger partial charge in [-0.2, -0.15) is 0 Å². The number of carboxylic acids is 1. The number of aryl methyl sites for hydroxylation is 3. The number of benzene rings is 2. The van der Waals surface area contributed by atoms with Crippen LogP contribution in [0.5, 0.6) is 0 Å². The van der Waals surface area contributed by atoms with Crippen LogP contribution < -0.4 is 32.1 Å². The van der Waals surface area contributed by atoms with Crippen LogP contribution in [-0.4, -0.2) is 69.8 Å². The van der Waals surface area contributed by atoms with Gasteiger partial charge in [0, 0.05) is 84.5 Å². The van der Waals surface area contributed by atoms with Crippen molar-refractivity contribution in [2.45, 2.75) is 108 Å². The molecule has 13 heteroatoms. The Labute approximate surface area is 316 Å². The standard InChI is InChI=1S/C21H23F2N3O3.C21H26FN3O/c1-10-17-12(19(27)13(20(28)29)9-26(17)16-7-14(16)22)6-15(23)18(10)25-5-2-11(8-25)21(24)3-4-21;1-12-10-25(18-9-16(18)22)19-13(2)17(4-3-15(19)20(12)26)24-8-5-14(11-24)21(23)6-7-21/h6,9,11,14,16H,2-5,7-8,24H2,1H3,(H,28,29);3-4,10,14,16,18H,5-9,11,23H2,1-2H3/t11-,14+,16-;14-,16+,18-/m11/s1. The lowest BCUT2D eigenvalue weighted by molar-refractivity contribution is 0.0694. The van der Waals surface area contributed by atoms with Crippen LogP contribution >= 0.6 is 0 Å². The second-order valence-electron chi connectivity index (χ2n) is 17.4. The van der Waals surface area contributed by atoms with E-state index < -0.39 is 41.2 Å². The zero-order valence-corrected chi connectivity index (χ0v) is 31.6. The third-order valence-corrected chi connectivity index (χ3v) is 13.7. The Balaban J connectivity index is 0.000000145. The van der Waals surface area contributed by atoms with Gasteiger partial charge in [0.15, 0.2) is 5.43 Å². The van der Waals surface area contributed by atoms with E-state index in [9.17, 15) is 28.3 Å². The lowest BCUT2D eigenvalue weighted by Crippen LogP contribution is -2.35. The summed E-state index contributed by atoms with van der Waals surface area (Å²) in [6.07, 6.45) is 8.22. The van der Waals surface area contributed by atoms with Crippen molar-refractivity contribution in [2.75, 3.05) is 36.0 Å². The Kier molecular flexibility index (Phi) is 8.30. The lowest BCUT2D eigenvalue weighted by Gasteiger charge is -2.25. The normalized spacial score (nSPS) is 28.4. The van der Waals surface area contributed by atoms with Crippen LogP contribution in [0.15, 0.2) is 40.2 Å². The average molecular weight is 759 g/mol. The predicted molar refractivity (Wildman–Crippen MR) is 208 cm³/mol. The van der Waals surface area contributed by atoms with Gasteiger partial charge in [0.05, 0.1) is 28.8 Å². The maximum Gasteiger partial charge on any atom is 0.341 e. The van der Waals surface area contributed by atoms with Crippen molar-refractivity contribution in [1.82, 2.24) is 9.13 Å². The molecular formula is C42H49F3N6O4. The molecular weight excluding hydrogens is 709 g/mol. The number of rotatable bonds is 7. The Hall–Kier alpha value is -4.36. The summed E-state index contributed by atoms with van der Waals surface area (Å²) >= 11 is 0. The number of nitrogens with zero attached hydrogens (tertiary/aromatic N) is 4. The van der Waals surface area contributed by atoms with E-state index >= 15 is 4.39 Å². The van der Waals surface area contributed by atoms with Crippen LogP contribution in [0.1, 0.15) is 90.5 Å². The number of carboxylic acid groups (broad SMARTS) is 1. The average Bonchev–Trinajstić information content (AvgIpc) is 4.12. The lowest BCUT2D eigenvalue weighted by atomic mass is 9.97. The molecule has 6 fully saturated rings.